The molecule has 1 aromatic heterocycles. The molecule has 0 bridgehead atoms. The van der Waals surface area contributed by atoms with Gasteiger partial charge in [-0.1, -0.05) is 18.2 Å². The van der Waals surface area contributed by atoms with Crippen LogP contribution in [0, 0.1) is 11.6 Å². The number of nitrogens with zero attached hydrogens (tertiary/aromatic N) is 3. The molecule has 0 saturated carbocycles. The first kappa shape index (κ1) is 20.2. The van der Waals surface area contributed by atoms with E-state index < -0.39 is 11.6 Å². The minimum Gasteiger partial charge on any atom is -0.489 e. The van der Waals surface area contributed by atoms with Gasteiger partial charge >= 0.3 is 0 Å². The van der Waals surface area contributed by atoms with Crippen LogP contribution in [0.15, 0.2) is 85.5 Å². The lowest BCUT2D eigenvalue weighted by Gasteiger charge is -2.07. The standard InChI is InChI=1S/C24H17F2N3O2/c25-20-7-4-19(23(26)13-20)14-31-22-10-1-17(2-11-22)3-12-24(30)18-5-8-21(9-6-18)29-16-27-15-28-29/h1-13,15-16H,14H2/b12-3+. The van der Waals surface area contributed by atoms with Gasteiger partial charge in [0.05, 0.1) is 5.69 Å². The fourth-order valence-corrected chi connectivity index (χ4v) is 2.86. The van der Waals surface area contributed by atoms with Gasteiger partial charge in [0.2, 0.25) is 0 Å². The maximum Gasteiger partial charge on any atom is 0.185 e. The molecule has 0 unspecified atom stereocenters. The molecule has 154 valence electrons. The first-order valence-corrected chi connectivity index (χ1v) is 9.43. The largest absolute Gasteiger partial charge is 0.489 e. The SMILES string of the molecule is O=C(/C=C/c1ccc(OCc2ccc(F)cc2F)cc1)c1ccc(-n2cncn2)cc1. The fraction of sp³-hybridized carbons (Fsp3) is 0.0417. The van der Waals surface area contributed by atoms with E-state index in [1.165, 1.54) is 24.5 Å². The summed E-state index contributed by atoms with van der Waals surface area (Å²) in [4.78, 5) is 16.3. The van der Waals surface area contributed by atoms with Crippen molar-refractivity contribution in [2.75, 3.05) is 0 Å². The smallest absolute Gasteiger partial charge is 0.185 e. The van der Waals surface area contributed by atoms with Gasteiger partial charge in [-0.05, 0) is 60.2 Å². The molecular formula is C24H17F2N3O2. The molecule has 0 saturated heterocycles. The van der Waals surface area contributed by atoms with Crippen molar-refractivity contribution < 1.29 is 18.3 Å². The first-order valence-electron chi connectivity index (χ1n) is 9.43. The normalized spacial score (nSPS) is 11.0. The van der Waals surface area contributed by atoms with Gasteiger partial charge in [0.25, 0.3) is 0 Å². The summed E-state index contributed by atoms with van der Waals surface area (Å²) in [6, 6.07) is 17.4. The maximum absolute atomic E-state index is 13.7. The van der Waals surface area contributed by atoms with Crippen LogP contribution >= 0.6 is 0 Å². The number of carbonyl (C=O) groups is 1. The zero-order valence-corrected chi connectivity index (χ0v) is 16.3. The minimum absolute atomic E-state index is 0.00955. The second kappa shape index (κ2) is 9.13. The summed E-state index contributed by atoms with van der Waals surface area (Å²) in [5.41, 5.74) is 2.45. The molecule has 0 spiro atoms. The lowest BCUT2D eigenvalue weighted by atomic mass is 10.1. The Bertz CT molecular complexity index is 1200. The number of benzene rings is 3. The van der Waals surface area contributed by atoms with Crippen molar-refractivity contribution in [3.05, 3.63) is 114 Å². The van der Waals surface area contributed by atoms with E-state index in [-0.39, 0.29) is 18.0 Å². The average Bonchev–Trinajstić information content (AvgIpc) is 3.33. The molecular weight excluding hydrogens is 400 g/mol. The summed E-state index contributed by atoms with van der Waals surface area (Å²) in [5, 5.41) is 4.04. The number of allylic oxidation sites excluding steroid dienone is 1. The lowest BCUT2D eigenvalue weighted by molar-refractivity contribution is 0.104. The van der Waals surface area contributed by atoms with Gasteiger partial charge in [-0.25, -0.2) is 18.4 Å². The average molecular weight is 417 g/mol. The van der Waals surface area contributed by atoms with Crippen LogP contribution in [0.3, 0.4) is 0 Å². The van der Waals surface area contributed by atoms with Gasteiger partial charge < -0.3 is 4.74 Å². The van der Waals surface area contributed by atoms with Crippen LogP contribution in [0.5, 0.6) is 5.75 Å². The van der Waals surface area contributed by atoms with Gasteiger partial charge in [-0.15, -0.1) is 0 Å². The number of aromatic nitrogens is 3. The lowest BCUT2D eigenvalue weighted by Crippen LogP contribution is -1.99. The second-order valence-corrected chi connectivity index (χ2v) is 6.68. The van der Waals surface area contributed by atoms with Gasteiger partial charge in [0.15, 0.2) is 5.78 Å². The van der Waals surface area contributed by atoms with E-state index in [0.29, 0.717) is 11.3 Å². The molecule has 0 aliphatic rings. The number of ketones is 1. The molecule has 3 aromatic carbocycles. The van der Waals surface area contributed by atoms with Crippen molar-refractivity contribution in [3.63, 3.8) is 0 Å². The molecule has 0 fully saturated rings. The highest BCUT2D eigenvalue weighted by Gasteiger charge is 2.05. The number of halogens is 2. The van der Waals surface area contributed by atoms with E-state index in [0.717, 1.165) is 17.3 Å². The molecule has 0 aliphatic heterocycles. The summed E-state index contributed by atoms with van der Waals surface area (Å²) >= 11 is 0. The number of ether oxygens (including phenoxy) is 1. The van der Waals surface area contributed by atoms with Crippen LogP contribution in [-0.4, -0.2) is 20.5 Å². The Labute approximate surface area is 177 Å². The third-order valence-corrected chi connectivity index (χ3v) is 4.55. The summed E-state index contributed by atoms with van der Waals surface area (Å²) in [6.45, 7) is -0.00955. The van der Waals surface area contributed by atoms with Crippen molar-refractivity contribution in [1.82, 2.24) is 14.8 Å². The van der Waals surface area contributed by atoms with Crippen molar-refractivity contribution in [1.29, 1.82) is 0 Å². The highest BCUT2D eigenvalue weighted by Crippen LogP contribution is 2.17. The van der Waals surface area contributed by atoms with E-state index in [2.05, 4.69) is 10.1 Å². The van der Waals surface area contributed by atoms with Crippen molar-refractivity contribution in [2.45, 2.75) is 6.61 Å². The predicted octanol–water partition coefficient (Wildman–Crippen LogP) is 5.02. The summed E-state index contributed by atoms with van der Waals surface area (Å²) in [5.74, 6) is -0.862. The molecule has 5 nitrogen and oxygen atoms in total. The highest BCUT2D eigenvalue weighted by atomic mass is 19.1. The minimum atomic E-state index is -0.646. The van der Waals surface area contributed by atoms with E-state index in [9.17, 15) is 13.6 Å². The fourth-order valence-electron chi connectivity index (χ4n) is 2.86. The maximum atomic E-state index is 13.7. The molecule has 0 radical (unpaired) electrons. The molecule has 0 aliphatic carbocycles. The van der Waals surface area contributed by atoms with Gasteiger partial charge in [-0.3, -0.25) is 4.79 Å². The van der Waals surface area contributed by atoms with Crippen LogP contribution in [0.4, 0.5) is 8.78 Å². The zero-order chi connectivity index (χ0) is 21.6. The molecule has 31 heavy (non-hydrogen) atoms. The summed E-state index contributed by atoms with van der Waals surface area (Å²) in [7, 11) is 0. The van der Waals surface area contributed by atoms with Crippen LogP contribution in [0.1, 0.15) is 21.5 Å². The Morgan fingerprint density at radius 2 is 1.77 bits per heavy atom. The molecule has 7 heteroatoms. The predicted molar refractivity (Wildman–Crippen MR) is 112 cm³/mol. The monoisotopic (exact) mass is 417 g/mol. The zero-order valence-electron chi connectivity index (χ0n) is 16.3. The Kier molecular flexibility index (Phi) is 5.93. The second-order valence-electron chi connectivity index (χ2n) is 6.68. The first-order chi connectivity index (χ1) is 15.1. The molecule has 0 N–H and O–H groups in total. The van der Waals surface area contributed by atoms with Gasteiger partial charge in [0.1, 0.15) is 36.6 Å². The molecule has 0 amide bonds. The molecule has 1 heterocycles. The number of hydrogen-bond donors (Lipinski definition) is 0. The topological polar surface area (TPSA) is 57.0 Å². The van der Waals surface area contributed by atoms with Gasteiger partial charge in [0, 0.05) is 17.2 Å². The Morgan fingerprint density at radius 3 is 2.45 bits per heavy atom. The quantitative estimate of drug-likeness (QED) is 0.313. The van der Waals surface area contributed by atoms with E-state index in [1.807, 2.05) is 0 Å². The van der Waals surface area contributed by atoms with E-state index in [1.54, 1.807) is 65.6 Å². The Hall–Kier alpha value is -4.13. The van der Waals surface area contributed by atoms with E-state index >= 15 is 0 Å². The number of hydrogen-bond acceptors (Lipinski definition) is 4. The Balaban J connectivity index is 1.35. The van der Waals surface area contributed by atoms with Crippen LogP contribution < -0.4 is 4.74 Å². The summed E-state index contributed by atoms with van der Waals surface area (Å²) < 4.78 is 33.8. The van der Waals surface area contributed by atoms with E-state index in [4.69, 9.17) is 4.74 Å². The number of rotatable bonds is 7. The van der Waals surface area contributed by atoms with Crippen LogP contribution in [0.25, 0.3) is 11.8 Å². The number of carbonyl (C=O) groups excluding carboxylic acids is 1. The Morgan fingerprint density at radius 1 is 1.00 bits per heavy atom. The third-order valence-electron chi connectivity index (χ3n) is 4.55. The molecule has 4 rings (SSSR count). The highest BCUT2D eigenvalue weighted by molar-refractivity contribution is 6.06. The summed E-state index contributed by atoms with van der Waals surface area (Å²) in [6.07, 6.45) is 6.23. The van der Waals surface area contributed by atoms with Gasteiger partial charge in [-0.2, -0.15) is 5.10 Å². The molecule has 4 aromatic rings. The van der Waals surface area contributed by atoms with Crippen molar-refractivity contribution in [3.8, 4) is 11.4 Å². The van der Waals surface area contributed by atoms with Crippen molar-refractivity contribution >= 4 is 11.9 Å². The molecule has 0 atom stereocenters. The third kappa shape index (κ3) is 5.08. The van der Waals surface area contributed by atoms with Crippen LogP contribution in [0.2, 0.25) is 0 Å². The van der Waals surface area contributed by atoms with Crippen molar-refractivity contribution in [2.24, 2.45) is 0 Å². The van der Waals surface area contributed by atoms with Crippen LogP contribution in [-0.2, 0) is 6.61 Å².